The van der Waals surface area contributed by atoms with Crippen molar-refractivity contribution in [3.8, 4) is 5.75 Å². The summed E-state index contributed by atoms with van der Waals surface area (Å²) in [4.78, 5) is 62.2. The van der Waals surface area contributed by atoms with Gasteiger partial charge in [-0.1, -0.05) is 18.2 Å². The molecule has 340 valence electrons. The number of carbonyl (C=O) groups is 4. The Hall–Kier alpha value is -6.25. The number of aryl methyl sites for hydroxylation is 1. The number of sulfonamides is 1. The van der Waals surface area contributed by atoms with Crippen molar-refractivity contribution in [2.75, 3.05) is 48.1 Å². The molecular formula is C44H51F2N9O8S. The molecule has 0 radical (unpaired) electrons. The van der Waals surface area contributed by atoms with Gasteiger partial charge in [-0.3, -0.25) is 34.1 Å². The molecule has 4 aromatic rings. The van der Waals surface area contributed by atoms with Gasteiger partial charge >= 0.3 is 0 Å². The highest BCUT2D eigenvalue weighted by atomic mass is 32.2. The normalized spacial score (nSPS) is 18.4. The van der Waals surface area contributed by atoms with Crippen molar-refractivity contribution in [2.45, 2.75) is 82.7 Å². The Kier molecular flexibility index (Phi) is 13.5. The lowest BCUT2D eigenvalue weighted by molar-refractivity contribution is -0.139. The average Bonchev–Trinajstić information content (AvgIpc) is 3.49. The smallest absolute Gasteiger partial charge is 0.261 e. The number of hydrogen-bond donors (Lipinski definition) is 6. The van der Waals surface area contributed by atoms with Crippen LogP contribution in [0.1, 0.15) is 92.1 Å². The van der Waals surface area contributed by atoms with E-state index in [1.54, 1.807) is 37.4 Å². The molecule has 3 aromatic carbocycles. The summed E-state index contributed by atoms with van der Waals surface area (Å²) in [5.41, 5.74) is 2.21. The monoisotopic (exact) mass is 903 g/mol. The molecule has 2 fully saturated rings. The van der Waals surface area contributed by atoms with Gasteiger partial charge in [0.2, 0.25) is 27.8 Å². The van der Waals surface area contributed by atoms with Crippen molar-refractivity contribution >= 4 is 62.5 Å². The number of nitrogens with zero attached hydrogens (tertiary/aromatic N) is 4. The van der Waals surface area contributed by atoms with Gasteiger partial charge in [-0.25, -0.2) is 22.2 Å². The van der Waals surface area contributed by atoms with Gasteiger partial charge in [0.15, 0.2) is 12.8 Å². The number of aromatic nitrogens is 2. The molecule has 0 aliphatic carbocycles. The lowest BCUT2D eigenvalue weighted by Crippen LogP contribution is -2.53. The summed E-state index contributed by atoms with van der Waals surface area (Å²) in [6, 6.07) is 12.5. The third kappa shape index (κ3) is 10.2. The van der Waals surface area contributed by atoms with Crippen molar-refractivity contribution in [3.63, 3.8) is 0 Å². The molecule has 4 heterocycles. The fourth-order valence-electron chi connectivity index (χ4n) is 7.76. The van der Waals surface area contributed by atoms with Gasteiger partial charge in [-0.2, -0.15) is 4.98 Å². The van der Waals surface area contributed by atoms with Crippen LogP contribution in [0.15, 0.2) is 60.8 Å². The number of amides is 4. The minimum atomic E-state index is -3.88. The van der Waals surface area contributed by atoms with E-state index in [4.69, 9.17) is 4.74 Å². The van der Waals surface area contributed by atoms with Crippen molar-refractivity contribution in [3.05, 3.63) is 94.7 Å². The fraction of sp³-hybridized carbons (Fsp3) is 0.409. The van der Waals surface area contributed by atoms with Crippen molar-refractivity contribution in [1.82, 2.24) is 30.4 Å². The molecule has 17 nitrogen and oxygen atoms in total. The van der Waals surface area contributed by atoms with Crippen molar-refractivity contribution in [1.29, 1.82) is 0 Å². The Morgan fingerprint density at radius 1 is 0.969 bits per heavy atom. The Morgan fingerprint density at radius 3 is 2.42 bits per heavy atom. The van der Waals surface area contributed by atoms with Crippen molar-refractivity contribution < 1.29 is 46.2 Å². The largest absolute Gasteiger partial charge is 0.483 e. The summed E-state index contributed by atoms with van der Waals surface area (Å²) < 4.78 is 62.3. The van der Waals surface area contributed by atoms with Crippen LogP contribution in [0.5, 0.6) is 5.75 Å². The van der Waals surface area contributed by atoms with Gasteiger partial charge < -0.3 is 30.7 Å². The first-order valence-electron chi connectivity index (χ1n) is 21.0. The molecule has 6 N–H and O–H groups in total. The summed E-state index contributed by atoms with van der Waals surface area (Å²) in [5, 5.41) is 22.0. The standard InChI is InChI=1S/C44H51F2N9O8S/c1-25-23-48-43(52-39(25)49-28-10-12-31(45)33(22-28)53-64(61,62)44(2,3)4)50-27-9-11-29(32(46)21-27)26-15-19-54(20-16-26)18-6-17-47-37(57)24-63-35-8-5-7-30-38(35)42(60)55(41(30)59)34-13-14-36(56)51-40(34)58/h5,7-12,21-23,26,34,41,53,59H,6,13-20,24H2,1-4H3,(H,47,57)(H,51,56,58)(H2,48,49,50,52). The van der Waals surface area contributed by atoms with E-state index >= 15 is 4.39 Å². The molecule has 7 rings (SSSR count). The second kappa shape index (κ2) is 18.8. The van der Waals surface area contributed by atoms with E-state index in [1.165, 1.54) is 45.0 Å². The number of rotatable bonds is 15. The van der Waals surface area contributed by atoms with Crippen LogP contribution in [0.2, 0.25) is 0 Å². The Morgan fingerprint density at radius 2 is 1.70 bits per heavy atom. The summed E-state index contributed by atoms with van der Waals surface area (Å²) in [7, 11) is -3.88. The Balaban J connectivity index is 0.848. The number of halogens is 2. The zero-order chi connectivity index (χ0) is 45.9. The maximum absolute atomic E-state index is 15.6. The van der Waals surface area contributed by atoms with Gasteiger partial charge in [0.05, 0.1) is 16.0 Å². The number of fused-ring (bicyclic) bond motifs is 1. The molecule has 64 heavy (non-hydrogen) atoms. The zero-order valence-electron chi connectivity index (χ0n) is 35.8. The van der Waals surface area contributed by atoms with E-state index in [0.717, 1.165) is 43.4 Å². The zero-order valence-corrected chi connectivity index (χ0v) is 36.7. The van der Waals surface area contributed by atoms with Gasteiger partial charge in [0, 0.05) is 41.7 Å². The Bertz CT molecular complexity index is 2570. The molecule has 2 saturated heterocycles. The maximum atomic E-state index is 15.6. The number of hydrogen-bond acceptors (Lipinski definition) is 13. The minimum Gasteiger partial charge on any atom is -0.483 e. The molecule has 3 aliphatic rings. The number of aliphatic hydroxyl groups is 1. The summed E-state index contributed by atoms with van der Waals surface area (Å²) in [6.07, 6.45) is 2.45. The molecule has 3 aliphatic heterocycles. The summed E-state index contributed by atoms with van der Waals surface area (Å²) in [6.45, 7) is 8.54. The number of ether oxygens (including phenoxy) is 1. The van der Waals surface area contributed by atoms with Crippen LogP contribution < -0.4 is 30.7 Å². The number of likely N-dealkylation sites (tertiary alicyclic amines) is 1. The van der Waals surface area contributed by atoms with E-state index in [1.807, 2.05) is 0 Å². The van der Waals surface area contributed by atoms with Crippen LogP contribution in [0.3, 0.4) is 0 Å². The average molecular weight is 904 g/mol. The third-order valence-corrected chi connectivity index (χ3v) is 13.6. The first-order chi connectivity index (χ1) is 30.4. The highest BCUT2D eigenvalue weighted by molar-refractivity contribution is 7.94. The molecule has 1 aromatic heterocycles. The Labute approximate surface area is 369 Å². The highest BCUT2D eigenvalue weighted by Crippen LogP contribution is 2.40. The molecular weight excluding hydrogens is 853 g/mol. The van der Waals surface area contributed by atoms with E-state index in [0.29, 0.717) is 41.3 Å². The van der Waals surface area contributed by atoms with Crippen LogP contribution in [-0.4, -0.2) is 100 Å². The maximum Gasteiger partial charge on any atom is 0.261 e. The highest BCUT2D eigenvalue weighted by Gasteiger charge is 2.46. The number of carbonyl (C=O) groups excluding carboxylic acids is 4. The predicted molar refractivity (Wildman–Crippen MR) is 234 cm³/mol. The lowest BCUT2D eigenvalue weighted by atomic mass is 9.89. The van der Waals surface area contributed by atoms with Crippen LogP contribution in [0.4, 0.5) is 37.6 Å². The fourth-order valence-corrected chi connectivity index (χ4v) is 8.52. The van der Waals surface area contributed by atoms with E-state index in [9.17, 15) is 37.1 Å². The number of nitrogens with one attached hydrogen (secondary N) is 5. The van der Waals surface area contributed by atoms with E-state index in [2.05, 4.69) is 40.9 Å². The summed E-state index contributed by atoms with van der Waals surface area (Å²) >= 11 is 0. The first kappa shape index (κ1) is 45.8. The molecule has 20 heteroatoms. The summed E-state index contributed by atoms with van der Waals surface area (Å²) in [5.74, 6) is -2.53. The van der Waals surface area contributed by atoms with Crippen LogP contribution in [-0.2, 0) is 24.4 Å². The molecule has 2 unspecified atom stereocenters. The molecule has 4 amide bonds. The number of anilines is 5. The predicted octanol–water partition coefficient (Wildman–Crippen LogP) is 5.11. The third-order valence-electron chi connectivity index (χ3n) is 11.5. The second-order valence-corrected chi connectivity index (χ2v) is 19.4. The molecule has 2 atom stereocenters. The van der Waals surface area contributed by atoms with E-state index in [-0.39, 0.29) is 59.7 Å². The second-order valence-electron chi connectivity index (χ2n) is 17.0. The van der Waals surface area contributed by atoms with Gasteiger partial charge in [-0.15, -0.1) is 0 Å². The first-order valence-corrected chi connectivity index (χ1v) is 22.4. The van der Waals surface area contributed by atoms with Gasteiger partial charge in [-0.05, 0) is 121 Å². The number of piperidine rings is 2. The molecule has 0 bridgehead atoms. The minimum absolute atomic E-state index is 0.0191. The van der Waals surface area contributed by atoms with Crippen LogP contribution in [0.25, 0.3) is 0 Å². The lowest BCUT2D eigenvalue weighted by Gasteiger charge is -2.32. The van der Waals surface area contributed by atoms with Crippen LogP contribution in [0, 0.1) is 18.6 Å². The van der Waals surface area contributed by atoms with Gasteiger partial charge in [0.1, 0.15) is 29.2 Å². The molecule has 0 saturated carbocycles. The number of imide groups is 1. The van der Waals surface area contributed by atoms with Crippen LogP contribution >= 0.6 is 0 Å². The topological polar surface area (TPSA) is 224 Å². The SMILES string of the molecule is Cc1cnc(Nc2ccc(C3CCN(CCCNC(=O)COc4cccc5c4C(=O)N(C4CCC(=O)NC4=O)C5O)CC3)c(F)c2)nc1Nc1ccc(F)c(NS(=O)(=O)C(C)(C)C)c1. The molecule has 0 spiro atoms. The number of benzene rings is 3. The number of aliphatic hydroxyl groups excluding tert-OH is 1. The van der Waals surface area contributed by atoms with E-state index < -0.39 is 56.5 Å². The van der Waals surface area contributed by atoms with Gasteiger partial charge in [0.25, 0.3) is 11.8 Å². The quantitative estimate of drug-likeness (QED) is 0.0675. The van der Waals surface area contributed by atoms with Crippen molar-refractivity contribution in [2.24, 2.45) is 0 Å².